The minimum Gasteiger partial charge on any atom is -0.0558 e. The maximum Gasteiger partial charge on any atom is -0.00266 e. The minimum absolute atomic E-state index is 0.149. The van der Waals surface area contributed by atoms with Crippen LogP contribution in [0.3, 0.4) is 0 Å². The number of hydrogen-bond donors (Lipinski definition) is 0. The summed E-state index contributed by atoms with van der Waals surface area (Å²) < 4.78 is 0. The van der Waals surface area contributed by atoms with Gasteiger partial charge >= 0.3 is 0 Å². The van der Waals surface area contributed by atoms with E-state index < -0.39 is 0 Å². The molecule has 0 N–H and O–H groups in total. The molecule has 300 valence electrons. The normalized spacial score (nSPS) is 20.0. The van der Waals surface area contributed by atoms with Crippen molar-refractivity contribution in [1.29, 1.82) is 0 Å². The predicted molar refractivity (Wildman–Crippen MR) is 257 cm³/mol. The first-order valence-corrected chi connectivity index (χ1v) is 23.2. The van der Waals surface area contributed by atoms with E-state index in [9.17, 15) is 0 Å². The standard InChI is InChI=1S/C58H68/c1-55(2)27-15-11-9-12-16-28-56(3,4)49-35-43-23-25-45-37-50(38-46-26-24-44(36-49)53(43)54(45)46)58(7,8)30-18-14-10-13-17-29-57(5,6)48-33-41-21-19-39-31-47(55)32-40-20-22-42(34-48)52(41)51(39)40/h19-26,31-38H,9-18,27-30H2,1-8H3. The van der Waals surface area contributed by atoms with E-state index in [-0.39, 0.29) is 21.7 Å². The second kappa shape index (κ2) is 14.8. The van der Waals surface area contributed by atoms with Crippen LogP contribution in [-0.2, 0) is 21.7 Å². The van der Waals surface area contributed by atoms with Gasteiger partial charge < -0.3 is 0 Å². The summed E-state index contributed by atoms with van der Waals surface area (Å²) >= 11 is 0. The van der Waals surface area contributed by atoms with E-state index in [2.05, 4.69) is 152 Å². The lowest BCUT2D eigenvalue weighted by molar-refractivity contribution is 0.423. The Morgan fingerprint density at radius 3 is 0.569 bits per heavy atom. The first-order valence-electron chi connectivity index (χ1n) is 23.2. The summed E-state index contributed by atoms with van der Waals surface area (Å²) in [6.07, 6.45) is 18.0. The van der Waals surface area contributed by atoms with E-state index in [1.54, 1.807) is 0 Å². The summed E-state index contributed by atoms with van der Waals surface area (Å²) in [7, 11) is 0. The summed E-state index contributed by atoms with van der Waals surface area (Å²) in [5, 5.41) is 17.0. The fourth-order valence-corrected chi connectivity index (χ4v) is 11.1. The van der Waals surface area contributed by atoms with Gasteiger partial charge in [0, 0.05) is 0 Å². The van der Waals surface area contributed by atoms with E-state index in [1.807, 2.05) is 0 Å². The summed E-state index contributed by atoms with van der Waals surface area (Å²) in [4.78, 5) is 0. The van der Waals surface area contributed by atoms with Gasteiger partial charge in [-0.2, -0.15) is 0 Å². The Morgan fingerprint density at radius 1 is 0.241 bits per heavy atom. The van der Waals surface area contributed by atoms with E-state index >= 15 is 0 Å². The van der Waals surface area contributed by atoms with Gasteiger partial charge in [0.15, 0.2) is 0 Å². The van der Waals surface area contributed by atoms with Crippen molar-refractivity contribution in [1.82, 2.24) is 0 Å². The molecule has 16 bridgehead atoms. The molecule has 0 saturated heterocycles. The van der Waals surface area contributed by atoms with Crippen LogP contribution in [0.25, 0.3) is 64.6 Å². The predicted octanol–water partition coefficient (Wildman–Crippen LogP) is 17.8. The second-order valence-electron chi connectivity index (χ2n) is 21.5. The van der Waals surface area contributed by atoms with Crippen LogP contribution in [0, 0.1) is 0 Å². The first-order chi connectivity index (χ1) is 27.7. The smallest absolute Gasteiger partial charge is 0.00266 e. The molecule has 0 fully saturated rings. The molecule has 0 spiro atoms. The summed E-state index contributed by atoms with van der Waals surface area (Å²) in [5.74, 6) is 0. The second-order valence-corrected chi connectivity index (χ2v) is 21.5. The summed E-state index contributed by atoms with van der Waals surface area (Å²) in [6.45, 7) is 19.8. The van der Waals surface area contributed by atoms with Gasteiger partial charge in [-0.15, -0.1) is 0 Å². The van der Waals surface area contributed by atoms with Gasteiger partial charge in [-0.05, 0) is 134 Å². The van der Waals surface area contributed by atoms with Crippen LogP contribution in [0.5, 0.6) is 0 Å². The third-order valence-electron chi connectivity index (χ3n) is 15.4. The Bertz CT molecular complexity index is 2220. The van der Waals surface area contributed by atoms with E-state index in [0.29, 0.717) is 0 Å². The lowest BCUT2D eigenvalue weighted by Crippen LogP contribution is -2.18. The molecule has 11 aliphatic rings. The van der Waals surface area contributed by atoms with Crippen LogP contribution in [0.2, 0.25) is 0 Å². The Kier molecular flexibility index (Phi) is 10.1. The molecular weight excluding hydrogens is 697 g/mol. The Balaban J connectivity index is 0.990. The third-order valence-corrected chi connectivity index (χ3v) is 15.4. The quantitative estimate of drug-likeness (QED) is 0.135. The SMILES string of the molecule is CC1(C)CCCCCCCC(C)(C)c2cc3ccc4cc(cc5ccc(c2)c3c45)C(C)(C)CCCCCCCC(C)(C)c2cc3ccc4cc1cc1ccc(c2)c3c41. The van der Waals surface area contributed by atoms with Crippen LogP contribution in [-0.4, -0.2) is 0 Å². The number of benzene rings is 8. The van der Waals surface area contributed by atoms with Crippen molar-refractivity contribution < 1.29 is 0 Å². The van der Waals surface area contributed by atoms with Gasteiger partial charge in [-0.3, -0.25) is 0 Å². The largest absolute Gasteiger partial charge is 0.0558 e. The first kappa shape index (κ1) is 39.3. The van der Waals surface area contributed by atoms with Crippen molar-refractivity contribution in [2.24, 2.45) is 0 Å². The molecule has 8 aromatic rings. The molecule has 11 aliphatic carbocycles. The molecule has 19 rings (SSSR count). The van der Waals surface area contributed by atoms with Crippen molar-refractivity contribution in [2.45, 2.75) is 167 Å². The molecule has 0 nitrogen and oxygen atoms in total. The highest BCUT2D eigenvalue weighted by Gasteiger charge is 2.27. The monoisotopic (exact) mass is 765 g/mol. The van der Waals surface area contributed by atoms with E-state index in [4.69, 9.17) is 0 Å². The van der Waals surface area contributed by atoms with Crippen molar-refractivity contribution in [3.05, 3.63) is 119 Å². The zero-order valence-electron chi connectivity index (χ0n) is 37.1. The van der Waals surface area contributed by atoms with Gasteiger partial charge in [0.1, 0.15) is 0 Å². The van der Waals surface area contributed by atoms with Crippen molar-refractivity contribution >= 4 is 64.6 Å². The Labute approximate surface area is 349 Å². The summed E-state index contributed by atoms with van der Waals surface area (Å²) in [6, 6.07) is 39.4. The van der Waals surface area contributed by atoms with Crippen LogP contribution in [0.4, 0.5) is 0 Å². The molecule has 0 saturated carbocycles. The van der Waals surface area contributed by atoms with Crippen LogP contribution < -0.4 is 0 Å². The fraction of sp³-hybridized carbons (Fsp3) is 0.448. The van der Waals surface area contributed by atoms with Crippen molar-refractivity contribution in [2.75, 3.05) is 0 Å². The van der Waals surface area contributed by atoms with Gasteiger partial charge in [0.05, 0.1) is 0 Å². The molecule has 0 aliphatic heterocycles. The molecule has 0 unspecified atom stereocenters. The molecular formula is C58H68. The minimum atomic E-state index is 0.149. The highest BCUT2D eigenvalue weighted by molar-refractivity contribution is 6.24. The molecule has 0 aromatic heterocycles. The topological polar surface area (TPSA) is 0 Å². The zero-order valence-corrected chi connectivity index (χ0v) is 37.1. The van der Waals surface area contributed by atoms with Crippen LogP contribution in [0.1, 0.15) is 168 Å². The van der Waals surface area contributed by atoms with Crippen molar-refractivity contribution in [3.8, 4) is 0 Å². The third kappa shape index (κ3) is 7.26. The van der Waals surface area contributed by atoms with Crippen LogP contribution >= 0.6 is 0 Å². The molecule has 8 aromatic carbocycles. The van der Waals surface area contributed by atoms with Gasteiger partial charge in [-0.1, -0.05) is 217 Å². The molecule has 0 amide bonds. The lowest BCUT2D eigenvalue weighted by atomic mass is 9.76. The Hall–Kier alpha value is -4.16. The van der Waals surface area contributed by atoms with Crippen LogP contribution in [0.15, 0.2) is 97.1 Å². The van der Waals surface area contributed by atoms with E-state index in [1.165, 1.54) is 177 Å². The van der Waals surface area contributed by atoms with Gasteiger partial charge in [0.2, 0.25) is 0 Å². The lowest BCUT2D eigenvalue weighted by Gasteiger charge is -2.28. The molecule has 0 heteroatoms. The highest BCUT2D eigenvalue weighted by atomic mass is 14.3. The molecule has 0 radical (unpaired) electrons. The molecule has 0 atom stereocenters. The number of hydrogen-bond acceptors (Lipinski definition) is 0. The number of rotatable bonds is 0. The molecule has 0 heterocycles. The maximum atomic E-state index is 2.52. The Morgan fingerprint density at radius 2 is 0.397 bits per heavy atom. The van der Waals surface area contributed by atoms with E-state index in [0.717, 1.165) is 0 Å². The molecule has 58 heavy (non-hydrogen) atoms. The average molecular weight is 765 g/mol. The maximum absolute atomic E-state index is 2.52. The summed E-state index contributed by atoms with van der Waals surface area (Å²) in [5.41, 5.74) is 6.55. The fourth-order valence-electron chi connectivity index (χ4n) is 11.1. The highest BCUT2D eigenvalue weighted by Crippen LogP contribution is 2.44. The van der Waals surface area contributed by atoms with Crippen molar-refractivity contribution in [3.63, 3.8) is 0 Å². The average Bonchev–Trinajstić information content (AvgIpc) is 3.20. The van der Waals surface area contributed by atoms with Gasteiger partial charge in [0.25, 0.3) is 0 Å². The zero-order chi connectivity index (χ0) is 40.5. The van der Waals surface area contributed by atoms with Gasteiger partial charge in [-0.25, -0.2) is 0 Å².